The number of anilines is 1. The van der Waals surface area contributed by atoms with E-state index in [0.717, 1.165) is 0 Å². The molecule has 0 saturated heterocycles. The second-order valence-electron chi connectivity index (χ2n) is 3.12. The smallest absolute Gasteiger partial charge is 0.264 e. The molecule has 7 heteroatoms. The molecule has 0 saturated carbocycles. The number of rotatable bonds is 4. The minimum Gasteiger partial charge on any atom is -0.484 e. The summed E-state index contributed by atoms with van der Waals surface area (Å²) < 4.78 is 5.24. The molecule has 0 bridgehead atoms. The van der Waals surface area contributed by atoms with Crippen LogP contribution < -0.4 is 10.1 Å². The van der Waals surface area contributed by atoms with Gasteiger partial charge in [-0.1, -0.05) is 11.6 Å². The summed E-state index contributed by atoms with van der Waals surface area (Å²) in [6.07, 6.45) is 1.30. The lowest BCUT2D eigenvalue weighted by atomic mass is 10.3. The molecule has 0 atom stereocenters. The van der Waals surface area contributed by atoms with E-state index >= 15 is 0 Å². The molecule has 1 aromatic heterocycles. The monoisotopic (exact) mass is 252 g/mol. The normalized spacial score (nSPS) is 9.94. The third-order valence-corrected chi connectivity index (χ3v) is 2.11. The van der Waals surface area contributed by atoms with Gasteiger partial charge in [0.1, 0.15) is 12.1 Å². The van der Waals surface area contributed by atoms with E-state index in [4.69, 9.17) is 16.3 Å². The Morgan fingerprint density at radius 3 is 2.82 bits per heavy atom. The van der Waals surface area contributed by atoms with Gasteiger partial charge in [-0.05, 0) is 24.3 Å². The number of amides is 1. The van der Waals surface area contributed by atoms with Crippen molar-refractivity contribution in [2.45, 2.75) is 0 Å². The van der Waals surface area contributed by atoms with Gasteiger partial charge in [0.25, 0.3) is 5.91 Å². The molecule has 6 nitrogen and oxygen atoms in total. The minimum absolute atomic E-state index is 0.109. The van der Waals surface area contributed by atoms with Gasteiger partial charge in [0, 0.05) is 5.02 Å². The maximum absolute atomic E-state index is 11.4. The zero-order valence-electron chi connectivity index (χ0n) is 8.68. The van der Waals surface area contributed by atoms with E-state index in [1.54, 1.807) is 24.3 Å². The zero-order valence-corrected chi connectivity index (χ0v) is 9.44. The van der Waals surface area contributed by atoms with E-state index in [2.05, 4.69) is 20.5 Å². The summed E-state index contributed by atoms with van der Waals surface area (Å²) in [5.41, 5.74) is 0. The summed E-state index contributed by atoms with van der Waals surface area (Å²) in [5.74, 6) is 0.536. The number of hydrogen-bond donors (Lipinski definition) is 2. The summed E-state index contributed by atoms with van der Waals surface area (Å²) in [7, 11) is 0. The SMILES string of the molecule is O=C(COc1ccc(Cl)cc1)Nc1ncn[nH]1. The highest BCUT2D eigenvalue weighted by Gasteiger charge is 2.05. The van der Waals surface area contributed by atoms with Crippen LogP contribution >= 0.6 is 11.6 Å². The lowest BCUT2D eigenvalue weighted by Crippen LogP contribution is -2.20. The van der Waals surface area contributed by atoms with Crippen molar-refractivity contribution in [1.82, 2.24) is 15.2 Å². The summed E-state index contributed by atoms with van der Waals surface area (Å²) >= 11 is 5.72. The van der Waals surface area contributed by atoms with Crippen molar-refractivity contribution >= 4 is 23.5 Å². The molecule has 17 heavy (non-hydrogen) atoms. The van der Waals surface area contributed by atoms with Crippen LogP contribution in [0.25, 0.3) is 0 Å². The van der Waals surface area contributed by atoms with Gasteiger partial charge in [-0.3, -0.25) is 10.1 Å². The van der Waals surface area contributed by atoms with Crippen LogP contribution in [0.15, 0.2) is 30.6 Å². The molecule has 0 aliphatic carbocycles. The van der Waals surface area contributed by atoms with Crippen molar-refractivity contribution in [1.29, 1.82) is 0 Å². The van der Waals surface area contributed by atoms with Crippen LogP contribution in [0.5, 0.6) is 5.75 Å². The van der Waals surface area contributed by atoms with Crippen LogP contribution in [0.3, 0.4) is 0 Å². The van der Waals surface area contributed by atoms with E-state index in [-0.39, 0.29) is 18.5 Å². The Bertz CT molecular complexity index is 484. The third kappa shape index (κ3) is 3.46. The number of ether oxygens (including phenoxy) is 1. The third-order valence-electron chi connectivity index (χ3n) is 1.86. The molecule has 2 rings (SSSR count). The molecule has 2 N–H and O–H groups in total. The van der Waals surface area contributed by atoms with Crippen molar-refractivity contribution in [2.24, 2.45) is 0 Å². The molecule has 0 aliphatic heterocycles. The molecular formula is C10H9ClN4O2. The number of aromatic nitrogens is 3. The van der Waals surface area contributed by atoms with Crippen molar-refractivity contribution < 1.29 is 9.53 Å². The Morgan fingerprint density at radius 1 is 1.41 bits per heavy atom. The predicted molar refractivity (Wildman–Crippen MR) is 62.0 cm³/mol. The van der Waals surface area contributed by atoms with Crippen molar-refractivity contribution in [3.8, 4) is 5.75 Å². The number of benzene rings is 1. The van der Waals surface area contributed by atoms with Crippen LogP contribution in [0.4, 0.5) is 5.95 Å². The second kappa shape index (κ2) is 5.31. The highest BCUT2D eigenvalue weighted by Crippen LogP contribution is 2.15. The number of carbonyl (C=O) groups excluding carboxylic acids is 1. The highest BCUT2D eigenvalue weighted by molar-refractivity contribution is 6.30. The molecule has 0 fully saturated rings. The van der Waals surface area contributed by atoms with Crippen LogP contribution in [0, 0.1) is 0 Å². The molecule has 0 unspecified atom stereocenters. The van der Waals surface area contributed by atoms with Gasteiger partial charge >= 0.3 is 0 Å². The van der Waals surface area contributed by atoms with Gasteiger partial charge in [-0.25, -0.2) is 5.10 Å². The molecule has 1 aromatic carbocycles. The topological polar surface area (TPSA) is 79.9 Å². The minimum atomic E-state index is -0.322. The van der Waals surface area contributed by atoms with Gasteiger partial charge < -0.3 is 4.74 Å². The maximum atomic E-state index is 11.4. The summed E-state index contributed by atoms with van der Waals surface area (Å²) in [4.78, 5) is 15.2. The Hall–Kier alpha value is -2.08. The van der Waals surface area contributed by atoms with Crippen LogP contribution in [0.1, 0.15) is 0 Å². The van der Waals surface area contributed by atoms with E-state index in [0.29, 0.717) is 10.8 Å². The summed E-state index contributed by atoms with van der Waals surface area (Å²) in [6.45, 7) is -0.109. The van der Waals surface area contributed by atoms with Crippen molar-refractivity contribution in [3.05, 3.63) is 35.6 Å². The van der Waals surface area contributed by atoms with E-state index in [1.807, 2.05) is 0 Å². The Labute approximate surface area is 102 Å². The van der Waals surface area contributed by atoms with E-state index < -0.39 is 0 Å². The van der Waals surface area contributed by atoms with E-state index in [1.165, 1.54) is 6.33 Å². The Balaban J connectivity index is 1.82. The Kier molecular flexibility index (Phi) is 3.56. The molecule has 2 aromatic rings. The first kappa shape index (κ1) is 11.4. The van der Waals surface area contributed by atoms with Gasteiger partial charge in [-0.2, -0.15) is 10.1 Å². The fraction of sp³-hybridized carbons (Fsp3) is 0.100. The predicted octanol–water partition coefficient (Wildman–Crippen LogP) is 1.48. The first-order chi connectivity index (χ1) is 8.24. The number of nitrogens with zero attached hydrogens (tertiary/aromatic N) is 2. The fourth-order valence-corrected chi connectivity index (χ4v) is 1.24. The fourth-order valence-electron chi connectivity index (χ4n) is 1.11. The summed E-state index contributed by atoms with van der Waals surface area (Å²) in [5, 5.41) is 9.20. The average molecular weight is 253 g/mol. The van der Waals surface area contributed by atoms with Crippen molar-refractivity contribution in [3.63, 3.8) is 0 Å². The molecule has 1 heterocycles. The molecule has 0 spiro atoms. The van der Waals surface area contributed by atoms with Gasteiger partial charge in [0.2, 0.25) is 5.95 Å². The molecule has 1 amide bonds. The highest BCUT2D eigenvalue weighted by atomic mass is 35.5. The zero-order chi connectivity index (χ0) is 12.1. The largest absolute Gasteiger partial charge is 0.484 e. The molecular weight excluding hydrogens is 244 g/mol. The molecule has 0 radical (unpaired) electrons. The standard InChI is InChI=1S/C10H9ClN4O2/c11-7-1-3-8(4-2-7)17-5-9(16)14-10-12-6-13-15-10/h1-4,6H,5H2,(H2,12,13,14,15,16). The molecule has 0 aliphatic rings. The average Bonchev–Trinajstić information content (AvgIpc) is 2.81. The number of aromatic amines is 1. The maximum Gasteiger partial charge on any atom is 0.264 e. The first-order valence-electron chi connectivity index (χ1n) is 4.77. The van der Waals surface area contributed by atoms with E-state index in [9.17, 15) is 4.79 Å². The van der Waals surface area contributed by atoms with Crippen LogP contribution in [0.2, 0.25) is 5.02 Å². The number of H-pyrrole nitrogens is 1. The Morgan fingerprint density at radius 2 is 2.18 bits per heavy atom. The van der Waals surface area contributed by atoms with Crippen LogP contribution in [-0.2, 0) is 4.79 Å². The lowest BCUT2D eigenvalue weighted by Gasteiger charge is -2.05. The second-order valence-corrected chi connectivity index (χ2v) is 3.56. The lowest BCUT2D eigenvalue weighted by molar-refractivity contribution is -0.118. The van der Waals surface area contributed by atoms with Gasteiger partial charge in [-0.15, -0.1) is 0 Å². The van der Waals surface area contributed by atoms with Crippen LogP contribution in [-0.4, -0.2) is 27.7 Å². The molecule has 88 valence electrons. The quantitative estimate of drug-likeness (QED) is 0.864. The number of carbonyl (C=O) groups is 1. The van der Waals surface area contributed by atoms with Gasteiger partial charge in [0.15, 0.2) is 6.61 Å². The van der Waals surface area contributed by atoms with Gasteiger partial charge in [0.05, 0.1) is 0 Å². The number of hydrogen-bond acceptors (Lipinski definition) is 4. The first-order valence-corrected chi connectivity index (χ1v) is 5.15. The summed E-state index contributed by atoms with van der Waals surface area (Å²) in [6, 6.07) is 6.74. The van der Waals surface area contributed by atoms with Crippen molar-refractivity contribution in [2.75, 3.05) is 11.9 Å². The number of nitrogens with one attached hydrogen (secondary N) is 2. The number of halogens is 1.